The Bertz CT molecular complexity index is 178. The van der Waals surface area contributed by atoms with Gasteiger partial charge in [0.2, 0.25) is 0 Å². The Morgan fingerprint density at radius 3 is 2.64 bits per heavy atom. The minimum Gasteiger partial charge on any atom is -0.341 e. The van der Waals surface area contributed by atoms with Gasteiger partial charge in [-0.2, -0.15) is 0 Å². The molecule has 82 valence electrons. The SMILES string of the molecule is CNC(=O)N(CCCN)C1CCCC1. The standard InChI is InChI=1S/C10H21N3O/c1-12-10(14)13(8-4-7-11)9-5-2-3-6-9/h9H,2-8,11H2,1H3,(H,12,14). The summed E-state index contributed by atoms with van der Waals surface area (Å²) < 4.78 is 0. The number of urea groups is 1. The van der Waals surface area contributed by atoms with Gasteiger partial charge in [0.25, 0.3) is 0 Å². The van der Waals surface area contributed by atoms with E-state index >= 15 is 0 Å². The van der Waals surface area contributed by atoms with Crippen molar-refractivity contribution in [3.8, 4) is 0 Å². The van der Waals surface area contributed by atoms with Crippen molar-refractivity contribution in [3.05, 3.63) is 0 Å². The van der Waals surface area contributed by atoms with Gasteiger partial charge in [-0.25, -0.2) is 4.79 Å². The molecule has 14 heavy (non-hydrogen) atoms. The lowest BCUT2D eigenvalue weighted by atomic mass is 10.2. The van der Waals surface area contributed by atoms with Crippen molar-refractivity contribution in [3.63, 3.8) is 0 Å². The fraction of sp³-hybridized carbons (Fsp3) is 0.900. The van der Waals surface area contributed by atoms with Gasteiger partial charge in [0.05, 0.1) is 0 Å². The zero-order chi connectivity index (χ0) is 10.4. The first-order chi connectivity index (χ1) is 6.79. The molecule has 0 spiro atoms. The third-order valence-electron chi connectivity index (χ3n) is 2.84. The number of hydrogen-bond acceptors (Lipinski definition) is 2. The van der Waals surface area contributed by atoms with Gasteiger partial charge in [-0.1, -0.05) is 12.8 Å². The number of carbonyl (C=O) groups excluding carboxylic acids is 1. The van der Waals surface area contributed by atoms with Gasteiger partial charge in [0.15, 0.2) is 0 Å². The maximum atomic E-state index is 11.6. The molecule has 0 radical (unpaired) electrons. The zero-order valence-electron chi connectivity index (χ0n) is 8.96. The first-order valence-corrected chi connectivity index (χ1v) is 5.48. The van der Waals surface area contributed by atoms with Gasteiger partial charge in [-0.15, -0.1) is 0 Å². The predicted octanol–water partition coefficient (Wildman–Crippen LogP) is 0.919. The highest BCUT2D eigenvalue weighted by Gasteiger charge is 2.25. The van der Waals surface area contributed by atoms with E-state index in [1.807, 2.05) is 4.90 Å². The van der Waals surface area contributed by atoms with E-state index in [1.54, 1.807) is 7.05 Å². The van der Waals surface area contributed by atoms with Crippen molar-refractivity contribution in [2.75, 3.05) is 20.1 Å². The summed E-state index contributed by atoms with van der Waals surface area (Å²) in [5.74, 6) is 0. The number of nitrogens with one attached hydrogen (secondary N) is 1. The number of nitrogens with two attached hydrogens (primary N) is 1. The molecule has 0 aliphatic heterocycles. The van der Waals surface area contributed by atoms with Crippen LogP contribution < -0.4 is 11.1 Å². The van der Waals surface area contributed by atoms with Crippen LogP contribution in [0.1, 0.15) is 32.1 Å². The highest BCUT2D eigenvalue weighted by atomic mass is 16.2. The monoisotopic (exact) mass is 199 g/mol. The smallest absolute Gasteiger partial charge is 0.317 e. The fourth-order valence-corrected chi connectivity index (χ4v) is 2.07. The van der Waals surface area contributed by atoms with Crippen LogP contribution in [0.5, 0.6) is 0 Å². The highest BCUT2D eigenvalue weighted by molar-refractivity contribution is 5.74. The zero-order valence-corrected chi connectivity index (χ0v) is 8.96. The lowest BCUT2D eigenvalue weighted by Crippen LogP contribution is -2.44. The molecule has 4 heteroatoms. The van der Waals surface area contributed by atoms with Gasteiger partial charge in [0.1, 0.15) is 0 Å². The van der Waals surface area contributed by atoms with Gasteiger partial charge in [-0.3, -0.25) is 0 Å². The van der Waals surface area contributed by atoms with E-state index in [0.717, 1.165) is 25.8 Å². The summed E-state index contributed by atoms with van der Waals surface area (Å²) in [5.41, 5.74) is 5.46. The summed E-state index contributed by atoms with van der Waals surface area (Å²) in [7, 11) is 1.69. The molecule has 0 atom stereocenters. The molecule has 4 nitrogen and oxygen atoms in total. The Kier molecular flexibility index (Phi) is 4.73. The van der Waals surface area contributed by atoms with Gasteiger partial charge in [-0.05, 0) is 25.8 Å². The van der Waals surface area contributed by atoms with Crippen molar-refractivity contribution < 1.29 is 4.79 Å². The first-order valence-electron chi connectivity index (χ1n) is 5.48. The van der Waals surface area contributed by atoms with E-state index in [0.29, 0.717) is 12.6 Å². The van der Waals surface area contributed by atoms with E-state index in [-0.39, 0.29) is 6.03 Å². The first kappa shape index (κ1) is 11.3. The largest absolute Gasteiger partial charge is 0.341 e. The third kappa shape index (κ3) is 2.87. The molecule has 0 aromatic rings. The summed E-state index contributed by atoms with van der Waals surface area (Å²) in [6.45, 7) is 1.45. The van der Waals surface area contributed by atoms with Crippen LogP contribution in [0.4, 0.5) is 4.79 Å². The molecule has 3 N–H and O–H groups in total. The van der Waals surface area contributed by atoms with Crippen LogP contribution in [0.25, 0.3) is 0 Å². The maximum Gasteiger partial charge on any atom is 0.317 e. The van der Waals surface area contributed by atoms with E-state index < -0.39 is 0 Å². The molecule has 0 bridgehead atoms. The highest BCUT2D eigenvalue weighted by Crippen LogP contribution is 2.23. The van der Waals surface area contributed by atoms with E-state index in [2.05, 4.69) is 5.32 Å². The Labute approximate surface area is 85.8 Å². The number of hydrogen-bond donors (Lipinski definition) is 2. The number of carbonyl (C=O) groups is 1. The fourth-order valence-electron chi connectivity index (χ4n) is 2.07. The molecule has 0 unspecified atom stereocenters. The summed E-state index contributed by atoms with van der Waals surface area (Å²) in [6.07, 6.45) is 5.70. The summed E-state index contributed by atoms with van der Waals surface area (Å²) in [5, 5.41) is 2.70. The Hall–Kier alpha value is -0.770. The van der Waals surface area contributed by atoms with Crippen molar-refractivity contribution in [1.29, 1.82) is 0 Å². The molecular formula is C10H21N3O. The summed E-state index contributed by atoms with van der Waals surface area (Å²) in [6, 6.07) is 0.492. The van der Waals surface area contributed by atoms with Crippen molar-refractivity contribution in [2.45, 2.75) is 38.1 Å². The van der Waals surface area contributed by atoms with Crippen molar-refractivity contribution >= 4 is 6.03 Å². The molecule has 0 heterocycles. The van der Waals surface area contributed by atoms with Crippen LogP contribution >= 0.6 is 0 Å². The van der Waals surface area contributed by atoms with Crippen LogP contribution in [0, 0.1) is 0 Å². The second-order valence-corrected chi connectivity index (χ2v) is 3.83. The van der Waals surface area contributed by atoms with Crippen molar-refractivity contribution in [1.82, 2.24) is 10.2 Å². The van der Waals surface area contributed by atoms with Crippen LogP contribution in [0.2, 0.25) is 0 Å². The topological polar surface area (TPSA) is 58.4 Å². The third-order valence-corrected chi connectivity index (χ3v) is 2.84. The molecule has 0 aromatic carbocycles. The van der Waals surface area contributed by atoms with Gasteiger partial charge >= 0.3 is 6.03 Å². The lowest BCUT2D eigenvalue weighted by Gasteiger charge is -2.28. The summed E-state index contributed by atoms with van der Waals surface area (Å²) >= 11 is 0. The molecule has 1 aliphatic rings. The average molecular weight is 199 g/mol. The van der Waals surface area contributed by atoms with Gasteiger partial charge in [0, 0.05) is 19.6 Å². The molecule has 2 amide bonds. The Morgan fingerprint density at radius 2 is 2.14 bits per heavy atom. The normalized spacial score (nSPS) is 17.0. The second kappa shape index (κ2) is 5.86. The van der Waals surface area contributed by atoms with Gasteiger partial charge < -0.3 is 16.0 Å². The lowest BCUT2D eigenvalue weighted by molar-refractivity contribution is 0.176. The summed E-state index contributed by atoms with van der Waals surface area (Å²) in [4.78, 5) is 13.5. The van der Waals surface area contributed by atoms with E-state index in [9.17, 15) is 4.79 Å². The molecule has 1 rings (SSSR count). The maximum absolute atomic E-state index is 11.6. The van der Waals surface area contributed by atoms with Crippen LogP contribution in [0.3, 0.4) is 0 Å². The molecule has 1 saturated carbocycles. The molecule has 1 aliphatic carbocycles. The molecule has 0 aromatic heterocycles. The van der Waals surface area contributed by atoms with E-state index in [1.165, 1.54) is 12.8 Å². The Balaban J connectivity index is 2.46. The average Bonchev–Trinajstić information content (AvgIpc) is 2.71. The molecule has 1 fully saturated rings. The van der Waals surface area contributed by atoms with Crippen LogP contribution in [-0.2, 0) is 0 Å². The van der Waals surface area contributed by atoms with Crippen LogP contribution in [0.15, 0.2) is 0 Å². The second-order valence-electron chi connectivity index (χ2n) is 3.83. The number of amides is 2. The Morgan fingerprint density at radius 1 is 1.50 bits per heavy atom. The number of rotatable bonds is 4. The number of nitrogens with zero attached hydrogens (tertiary/aromatic N) is 1. The molecule has 0 saturated heterocycles. The van der Waals surface area contributed by atoms with Crippen LogP contribution in [-0.4, -0.2) is 37.1 Å². The van der Waals surface area contributed by atoms with Crippen molar-refractivity contribution in [2.24, 2.45) is 5.73 Å². The molecular weight excluding hydrogens is 178 g/mol. The minimum atomic E-state index is 0.0466. The van der Waals surface area contributed by atoms with E-state index in [4.69, 9.17) is 5.73 Å². The quantitative estimate of drug-likeness (QED) is 0.707. The minimum absolute atomic E-state index is 0.0466. The predicted molar refractivity (Wildman–Crippen MR) is 57.1 cm³/mol.